The Bertz CT molecular complexity index is 1040. The van der Waals surface area contributed by atoms with Crippen molar-refractivity contribution in [2.24, 2.45) is 5.92 Å². The zero-order chi connectivity index (χ0) is 26.9. The number of nitrogens with zero attached hydrogens (tertiary/aromatic N) is 2. The van der Waals surface area contributed by atoms with Crippen molar-refractivity contribution in [2.75, 3.05) is 0 Å². The number of para-hydroxylation sites is 2. The molecule has 193 valence electrons. The molecule has 0 aliphatic heterocycles. The van der Waals surface area contributed by atoms with Gasteiger partial charge < -0.3 is 0 Å². The van der Waals surface area contributed by atoms with Gasteiger partial charge in [0, 0.05) is 22.3 Å². The molecule has 3 rings (SSSR count). The summed E-state index contributed by atoms with van der Waals surface area (Å²) in [6.45, 7) is 27.9. The minimum Gasteiger partial charge on any atom is -0.209 e. The van der Waals surface area contributed by atoms with E-state index in [1.165, 1.54) is 39.4 Å². The highest BCUT2D eigenvalue weighted by molar-refractivity contribution is 6.54. The van der Waals surface area contributed by atoms with Crippen molar-refractivity contribution in [3.63, 3.8) is 0 Å². The summed E-state index contributed by atoms with van der Waals surface area (Å²) in [5.41, 5.74) is 9.56. The summed E-state index contributed by atoms with van der Waals surface area (Å²) in [5.74, 6) is 2.28. The van der Waals surface area contributed by atoms with Gasteiger partial charge in [-0.1, -0.05) is 119 Å². The second-order valence-electron chi connectivity index (χ2n) is 12.7. The zero-order valence-electron chi connectivity index (χ0n) is 25.0. The standard InChI is InChI=1S/C33H49BN2/c1-21(2)26-15-13-16-27(22(3)4)30(26)35-19-20-36(32(35)34-33(11,12)25(9)10)31-28(23(5)6)17-14-18-29(31)24(7)8/h13-25H,1-12H3/q+1. The van der Waals surface area contributed by atoms with E-state index in [0.717, 1.165) is 0 Å². The number of benzene rings is 2. The maximum atomic E-state index is 2.51. The molecule has 2 aromatic carbocycles. The van der Waals surface area contributed by atoms with Gasteiger partial charge in [0.05, 0.1) is 0 Å². The summed E-state index contributed by atoms with van der Waals surface area (Å²) in [5, 5.41) is 0.0351. The Morgan fingerprint density at radius 1 is 0.667 bits per heavy atom. The molecule has 3 heteroatoms. The predicted molar refractivity (Wildman–Crippen MR) is 158 cm³/mol. The van der Waals surface area contributed by atoms with Crippen LogP contribution in [0.5, 0.6) is 0 Å². The van der Waals surface area contributed by atoms with E-state index >= 15 is 0 Å². The predicted octanol–water partition coefficient (Wildman–Crippen LogP) is 8.43. The zero-order valence-corrected chi connectivity index (χ0v) is 25.0. The van der Waals surface area contributed by atoms with E-state index in [4.69, 9.17) is 0 Å². The molecule has 2 nitrogen and oxygen atoms in total. The molecule has 0 aliphatic rings. The molecule has 1 aromatic heterocycles. The lowest BCUT2D eigenvalue weighted by molar-refractivity contribution is -0.577. The largest absolute Gasteiger partial charge is 0.276 e. The van der Waals surface area contributed by atoms with E-state index in [-0.39, 0.29) is 5.31 Å². The van der Waals surface area contributed by atoms with Crippen molar-refractivity contribution in [3.8, 4) is 11.4 Å². The Hall–Kier alpha value is -2.29. The van der Waals surface area contributed by atoms with E-state index in [9.17, 15) is 0 Å². The Morgan fingerprint density at radius 2 is 1.08 bits per heavy atom. The van der Waals surface area contributed by atoms with Crippen molar-refractivity contribution in [1.82, 2.24) is 4.57 Å². The van der Waals surface area contributed by atoms with Crippen LogP contribution >= 0.6 is 0 Å². The number of imidazole rings is 1. The Kier molecular flexibility index (Phi) is 8.64. The number of hydrogen-bond acceptors (Lipinski definition) is 0. The van der Waals surface area contributed by atoms with Crippen molar-refractivity contribution in [2.45, 2.75) is 112 Å². The molecular weight excluding hydrogens is 435 g/mol. The fourth-order valence-electron chi connectivity index (χ4n) is 5.00. The summed E-state index contributed by atoms with van der Waals surface area (Å²) in [6.07, 6.45) is 4.60. The lowest BCUT2D eigenvalue weighted by Crippen LogP contribution is -2.55. The third-order valence-corrected chi connectivity index (χ3v) is 8.01. The maximum absolute atomic E-state index is 2.51. The molecule has 0 fully saturated rings. The second-order valence-corrected chi connectivity index (χ2v) is 12.7. The Balaban J connectivity index is 2.46. The van der Waals surface area contributed by atoms with E-state index in [2.05, 4.69) is 148 Å². The van der Waals surface area contributed by atoms with Crippen LogP contribution in [0.25, 0.3) is 11.4 Å². The first kappa shape index (κ1) is 28.3. The van der Waals surface area contributed by atoms with Crippen LogP contribution in [0.3, 0.4) is 0 Å². The summed E-state index contributed by atoms with van der Waals surface area (Å²) in [4.78, 5) is 0. The minimum absolute atomic E-state index is 0.0351. The molecule has 0 amide bonds. The van der Waals surface area contributed by atoms with E-state index in [1.807, 2.05) is 0 Å². The highest BCUT2D eigenvalue weighted by atomic mass is 15.2. The van der Waals surface area contributed by atoms with Crippen LogP contribution < -0.4 is 10.3 Å². The first-order valence-corrected chi connectivity index (χ1v) is 14.0. The van der Waals surface area contributed by atoms with Gasteiger partial charge in [0.15, 0.2) is 0 Å². The van der Waals surface area contributed by atoms with Crippen molar-refractivity contribution in [3.05, 3.63) is 71.0 Å². The maximum Gasteiger partial charge on any atom is 0.276 e. The van der Waals surface area contributed by atoms with Crippen molar-refractivity contribution in [1.29, 1.82) is 0 Å². The smallest absolute Gasteiger partial charge is 0.209 e. The SMILES string of the molecule is CC(C)c1cccc(C(C)C)c1-n1cc[n+](-c2c(C(C)C)cccc2C(C)C)c1[B]C(C)(C)C(C)C. The van der Waals surface area contributed by atoms with Crippen LogP contribution in [0, 0.1) is 5.92 Å². The summed E-state index contributed by atoms with van der Waals surface area (Å²) in [6, 6.07) is 13.7. The fraction of sp³-hybridized carbons (Fsp3) is 0.545. The molecule has 36 heavy (non-hydrogen) atoms. The first-order chi connectivity index (χ1) is 16.8. The third-order valence-electron chi connectivity index (χ3n) is 8.01. The minimum atomic E-state index is 0.0351. The number of aromatic nitrogens is 2. The molecule has 0 saturated carbocycles. The van der Waals surface area contributed by atoms with Gasteiger partial charge in [-0.05, 0) is 34.9 Å². The van der Waals surface area contributed by atoms with E-state index in [0.29, 0.717) is 29.6 Å². The molecule has 0 saturated heterocycles. The van der Waals surface area contributed by atoms with Crippen LogP contribution in [0.4, 0.5) is 0 Å². The molecule has 0 atom stereocenters. The molecule has 1 heterocycles. The molecule has 0 N–H and O–H groups in total. The second kappa shape index (κ2) is 11.0. The van der Waals surface area contributed by atoms with Gasteiger partial charge in [-0.15, -0.1) is 0 Å². The van der Waals surface area contributed by atoms with Gasteiger partial charge in [-0.3, -0.25) is 0 Å². The molecule has 0 aliphatic carbocycles. The Morgan fingerprint density at radius 3 is 1.47 bits per heavy atom. The third kappa shape index (κ3) is 5.51. The summed E-state index contributed by atoms with van der Waals surface area (Å²) < 4.78 is 4.96. The van der Waals surface area contributed by atoms with E-state index in [1.54, 1.807) is 0 Å². The van der Waals surface area contributed by atoms with Crippen molar-refractivity contribution >= 4 is 13.0 Å². The molecular formula is C33H49BN2+. The normalized spacial score (nSPS) is 12.6. The quantitative estimate of drug-likeness (QED) is 0.213. The number of rotatable bonds is 9. The molecule has 0 spiro atoms. The van der Waals surface area contributed by atoms with Crippen molar-refractivity contribution < 1.29 is 4.57 Å². The molecule has 3 aromatic rings. The molecule has 0 bridgehead atoms. The average molecular weight is 485 g/mol. The average Bonchev–Trinajstić information content (AvgIpc) is 3.19. The lowest BCUT2D eigenvalue weighted by Gasteiger charge is -2.28. The monoisotopic (exact) mass is 484 g/mol. The van der Waals surface area contributed by atoms with Gasteiger partial charge >= 0.3 is 0 Å². The Labute approximate surface area is 222 Å². The number of hydrogen-bond donors (Lipinski definition) is 0. The first-order valence-electron chi connectivity index (χ1n) is 14.0. The highest BCUT2D eigenvalue weighted by Gasteiger charge is 2.36. The van der Waals surface area contributed by atoms with Crippen LogP contribution in [-0.2, 0) is 0 Å². The topological polar surface area (TPSA) is 8.81 Å². The van der Waals surface area contributed by atoms with Gasteiger partial charge in [-0.25, -0.2) is 9.13 Å². The van der Waals surface area contributed by atoms with Gasteiger partial charge in [-0.2, -0.15) is 0 Å². The van der Waals surface area contributed by atoms with Gasteiger partial charge in [0.1, 0.15) is 23.8 Å². The van der Waals surface area contributed by atoms with Crippen LogP contribution in [0.2, 0.25) is 5.31 Å². The lowest BCUT2D eigenvalue weighted by atomic mass is 9.49. The van der Waals surface area contributed by atoms with Gasteiger partial charge in [0.25, 0.3) is 7.28 Å². The van der Waals surface area contributed by atoms with Crippen LogP contribution in [-0.4, -0.2) is 11.8 Å². The molecule has 1 radical (unpaired) electrons. The highest BCUT2D eigenvalue weighted by Crippen LogP contribution is 2.35. The fourth-order valence-corrected chi connectivity index (χ4v) is 5.00. The van der Waals surface area contributed by atoms with Gasteiger partial charge in [0.2, 0.25) is 5.72 Å². The van der Waals surface area contributed by atoms with E-state index < -0.39 is 0 Å². The van der Waals surface area contributed by atoms with Crippen LogP contribution in [0.1, 0.15) is 129 Å². The molecule has 0 unspecified atom stereocenters. The summed E-state index contributed by atoms with van der Waals surface area (Å²) in [7, 11) is 2.51. The van der Waals surface area contributed by atoms with Crippen LogP contribution in [0.15, 0.2) is 48.8 Å². The summed E-state index contributed by atoms with van der Waals surface area (Å²) >= 11 is 0.